The molecule has 0 spiro atoms. The van der Waals surface area contributed by atoms with Crippen LogP contribution in [0.5, 0.6) is 0 Å². The van der Waals surface area contributed by atoms with Gasteiger partial charge in [0.2, 0.25) is 5.16 Å². The van der Waals surface area contributed by atoms with Gasteiger partial charge in [-0.15, -0.1) is 5.10 Å². The van der Waals surface area contributed by atoms with Crippen molar-refractivity contribution < 1.29 is 4.39 Å². The number of halogens is 1. The summed E-state index contributed by atoms with van der Waals surface area (Å²) >= 11 is 1.55. The van der Waals surface area contributed by atoms with Crippen LogP contribution in [0.4, 0.5) is 4.39 Å². The van der Waals surface area contributed by atoms with Crippen LogP contribution in [-0.4, -0.2) is 15.2 Å². The van der Waals surface area contributed by atoms with Crippen molar-refractivity contribution in [2.45, 2.75) is 24.3 Å². The molecule has 1 atom stereocenters. The molecule has 3 aromatic rings. The number of nitrogens with zero attached hydrogens (tertiary/aromatic N) is 2. The number of hydrogen-bond acceptors (Lipinski definition) is 3. The van der Waals surface area contributed by atoms with E-state index in [4.69, 9.17) is 0 Å². The molecule has 0 saturated carbocycles. The molecule has 1 N–H and O–H groups in total. The van der Waals surface area contributed by atoms with E-state index in [1.165, 1.54) is 17.7 Å². The Bertz CT molecular complexity index is 750. The van der Waals surface area contributed by atoms with Gasteiger partial charge in [0.25, 0.3) is 0 Å². The van der Waals surface area contributed by atoms with Crippen LogP contribution in [0.3, 0.4) is 0 Å². The second-order valence-corrected chi connectivity index (χ2v) is 6.45. The Morgan fingerprint density at radius 3 is 2.41 bits per heavy atom. The van der Waals surface area contributed by atoms with Crippen molar-refractivity contribution in [1.29, 1.82) is 0 Å². The summed E-state index contributed by atoms with van der Waals surface area (Å²) in [7, 11) is 0. The summed E-state index contributed by atoms with van der Waals surface area (Å²) in [5.41, 5.74) is 3.27. The third kappa shape index (κ3) is 3.36. The third-order valence-corrected chi connectivity index (χ3v) is 4.43. The lowest BCUT2D eigenvalue weighted by atomic mass is 10.1. The van der Waals surface area contributed by atoms with Gasteiger partial charge in [-0.05, 0) is 31.5 Å². The monoisotopic (exact) mass is 313 g/mol. The molecule has 3 rings (SSSR count). The Balaban J connectivity index is 1.73. The fourth-order valence-corrected chi connectivity index (χ4v) is 2.95. The fraction of sp³-hybridized carbons (Fsp3) is 0.176. The largest absolute Gasteiger partial charge is 0.258 e. The van der Waals surface area contributed by atoms with Crippen LogP contribution in [0.2, 0.25) is 0 Å². The maximum absolute atomic E-state index is 13.0. The quantitative estimate of drug-likeness (QED) is 0.705. The first kappa shape index (κ1) is 14.8. The average molecular weight is 313 g/mol. The molecular formula is C17H16FN3S. The SMILES string of the molecule is Cc1ccc(-c2nc(SC(C)c3ccc(F)cc3)n[nH]2)cc1. The summed E-state index contributed by atoms with van der Waals surface area (Å²) in [6, 6.07) is 14.7. The van der Waals surface area contributed by atoms with Crippen LogP contribution >= 0.6 is 11.8 Å². The number of aromatic amines is 1. The first-order valence-corrected chi connectivity index (χ1v) is 7.91. The van der Waals surface area contributed by atoms with Crippen LogP contribution in [-0.2, 0) is 0 Å². The molecular weight excluding hydrogens is 297 g/mol. The summed E-state index contributed by atoms with van der Waals surface area (Å²) in [6.07, 6.45) is 0. The maximum Gasteiger partial charge on any atom is 0.209 e. The molecule has 0 aliphatic heterocycles. The predicted molar refractivity (Wildman–Crippen MR) is 87.2 cm³/mol. The van der Waals surface area contributed by atoms with Gasteiger partial charge < -0.3 is 0 Å². The van der Waals surface area contributed by atoms with Gasteiger partial charge in [0, 0.05) is 10.8 Å². The number of H-pyrrole nitrogens is 1. The number of aromatic nitrogens is 3. The number of hydrogen-bond donors (Lipinski definition) is 1. The van der Waals surface area contributed by atoms with Gasteiger partial charge in [-0.3, -0.25) is 5.10 Å². The van der Waals surface area contributed by atoms with Crippen molar-refractivity contribution in [3.8, 4) is 11.4 Å². The predicted octanol–water partition coefficient (Wildman–Crippen LogP) is 4.77. The molecule has 2 aromatic carbocycles. The lowest BCUT2D eigenvalue weighted by Gasteiger charge is -2.08. The molecule has 0 amide bonds. The van der Waals surface area contributed by atoms with E-state index in [1.54, 1.807) is 23.9 Å². The van der Waals surface area contributed by atoms with Crippen LogP contribution in [0, 0.1) is 12.7 Å². The Morgan fingerprint density at radius 1 is 1.05 bits per heavy atom. The van der Waals surface area contributed by atoms with Crippen molar-refractivity contribution in [1.82, 2.24) is 15.2 Å². The highest BCUT2D eigenvalue weighted by Gasteiger charge is 2.12. The molecule has 0 saturated heterocycles. The van der Waals surface area contributed by atoms with Crippen LogP contribution < -0.4 is 0 Å². The molecule has 1 unspecified atom stereocenters. The minimum atomic E-state index is -0.222. The molecule has 0 aliphatic rings. The van der Waals surface area contributed by atoms with Gasteiger partial charge in [-0.1, -0.05) is 53.7 Å². The topological polar surface area (TPSA) is 41.6 Å². The number of nitrogens with one attached hydrogen (secondary N) is 1. The number of benzene rings is 2. The summed E-state index contributed by atoms with van der Waals surface area (Å²) in [5.74, 6) is 0.536. The number of rotatable bonds is 4. The van der Waals surface area contributed by atoms with Gasteiger partial charge in [-0.2, -0.15) is 0 Å². The van der Waals surface area contributed by atoms with E-state index in [2.05, 4.69) is 29.0 Å². The number of aryl methyl sites for hydroxylation is 1. The zero-order valence-corrected chi connectivity index (χ0v) is 13.2. The third-order valence-electron chi connectivity index (χ3n) is 3.41. The molecule has 3 nitrogen and oxygen atoms in total. The Hall–Kier alpha value is -2.14. The Labute approximate surface area is 133 Å². The lowest BCUT2D eigenvalue weighted by molar-refractivity contribution is 0.627. The molecule has 5 heteroatoms. The second-order valence-electron chi connectivity index (χ2n) is 5.14. The van der Waals surface area contributed by atoms with Crippen molar-refractivity contribution in [3.63, 3.8) is 0 Å². The van der Waals surface area contributed by atoms with E-state index in [0.29, 0.717) is 5.16 Å². The summed E-state index contributed by atoms with van der Waals surface area (Å²) in [6.45, 7) is 4.11. The molecule has 0 radical (unpaired) electrons. The lowest BCUT2D eigenvalue weighted by Crippen LogP contribution is -1.89. The normalized spacial score (nSPS) is 12.3. The molecule has 0 fully saturated rings. The van der Waals surface area contributed by atoms with E-state index >= 15 is 0 Å². The van der Waals surface area contributed by atoms with Crippen LogP contribution in [0.15, 0.2) is 53.7 Å². The van der Waals surface area contributed by atoms with Gasteiger partial charge in [0.15, 0.2) is 5.82 Å². The van der Waals surface area contributed by atoms with Crippen molar-refractivity contribution in [2.75, 3.05) is 0 Å². The maximum atomic E-state index is 13.0. The van der Waals surface area contributed by atoms with E-state index in [1.807, 2.05) is 24.3 Å². The zero-order valence-electron chi connectivity index (χ0n) is 12.4. The van der Waals surface area contributed by atoms with Gasteiger partial charge in [-0.25, -0.2) is 9.37 Å². The van der Waals surface area contributed by atoms with E-state index in [-0.39, 0.29) is 11.1 Å². The molecule has 22 heavy (non-hydrogen) atoms. The smallest absolute Gasteiger partial charge is 0.209 e. The Morgan fingerprint density at radius 2 is 1.73 bits per heavy atom. The Kier molecular flexibility index (Phi) is 4.24. The van der Waals surface area contributed by atoms with E-state index in [0.717, 1.165) is 17.0 Å². The second kappa shape index (κ2) is 6.32. The minimum absolute atomic E-state index is 0.155. The summed E-state index contributed by atoms with van der Waals surface area (Å²) in [5, 5.41) is 8.06. The first-order valence-electron chi connectivity index (χ1n) is 7.03. The highest BCUT2D eigenvalue weighted by atomic mass is 32.2. The minimum Gasteiger partial charge on any atom is -0.258 e. The van der Waals surface area contributed by atoms with Crippen LogP contribution in [0.25, 0.3) is 11.4 Å². The zero-order chi connectivity index (χ0) is 15.5. The van der Waals surface area contributed by atoms with Crippen molar-refractivity contribution in [2.24, 2.45) is 0 Å². The first-order chi connectivity index (χ1) is 10.6. The molecule has 112 valence electrons. The highest BCUT2D eigenvalue weighted by molar-refractivity contribution is 7.99. The van der Waals surface area contributed by atoms with Gasteiger partial charge >= 0.3 is 0 Å². The van der Waals surface area contributed by atoms with Gasteiger partial charge in [0.05, 0.1) is 0 Å². The fourth-order valence-electron chi connectivity index (χ4n) is 2.10. The summed E-state index contributed by atoms with van der Waals surface area (Å²) < 4.78 is 13.0. The van der Waals surface area contributed by atoms with E-state index in [9.17, 15) is 4.39 Å². The molecule has 1 heterocycles. The standard InChI is InChI=1S/C17H16FN3S/c1-11-3-5-14(6-4-11)16-19-17(21-20-16)22-12(2)13-7-9-15(18)10-8-13/h3-10,12H,1-2H3,(H,19,20,21). The van der Waals surface area contributed by atoms with Crippen molar-refractivity contribution >= 4 is 11.8 Å². The molecule has 0 aliphatic carbocycles. The highest BCUT2D eigenvalue weighted by Crippen LogP contribution is 2.33. The van der Waals surface area contributed by atoms with E-state index < -0.39 is 0 Å². The van der Waals surface area contributed by atoms with Crippen LogP contribution in [0.1, 0.15) is 23.3 Å². The van der Waals surface area contributed by atoms with Crippen molar-refractivity contribution in [3.05, 3.63) is 65.5 Å². The average Bonchev–Trinajstić information content (AvgIpc) is 2.97. The molecule has 1 aromatic heterocycles. The van der Waals surface area contributed by atoms with Gasteiger partial charge in [0.1, 0.15) is 5.82 Å². The molecule has 0 bridgehead atoms. The number of thioether (sulfide) groups is 1. The summed E-state index contributed by atoms with van der Waals surface area (Å²) in [4.78, 5) is 4.52.